The zero-order chi connectivity index (χ0) is 11.4. The summed E-state index contributed by atoms with van der Waals surface area (Å²) in [5.74, 6) is 0.988. The molecule has 0 aliphatic carbocycles. The van der Waals surface area contributed by atoms with Crippen molar-refractivity contribution in [2.45, 2.75) is 0 Å². The van der Waals surface area contributed by atoms with Crippen LogP contribution in [0, 0.1) is 5.82 Å². The van der Waals surface area contributed by atoms with Crippen LogP contribution in [0.5, 0.6) is 0 Å². The maximum Gasteiger partial charge on any atom is 0.168 e. The van der Waals surface area contributed by atoms with Gasteiger partial charge in [0.1, 0.15) is 5.82 Å². The highest BCUT2D eigenvalue weighted by atomic mass is 19.1. The average molecular weight is 218 g/mol. The Hall–Kier alpha value is -2.10. The Balaban J connectivity index is 2.17. The predicted molar refractivity (Wildman–Crippen MR) is 61.2 cm³/mol. The van der Waals surface area contributed by atoms with Crippen LogP contribution in [-0.2, 0) is 0 Å². The molecule has 0 amide bonds. The lowest BCUT2D eigenvalue weighted by Gasteiger charge is -2.06. The Morgan fingerprint density at radius 1 is 1.25 bits per heavy atom. The summed E-state index contributed by atoms with van der Waals surface area (Å²) in [7, 11) is 1.66. The zero-order valence-corrected chi connectivity index (χ0v) is 8.77. The van der Waals surface area contributed by atoms with E-state index < -0.39 is 0 Å². The second-order valence-corrected chi connectivity index (χ2v) is 3.18. The lowest BCUT2D eigenvalue weighted by molar-refractivity contribution is 0.557. The maximum absolute atomic E-state index is 12.7. The van der Waals surface area contributed by atoms with Crippen LogP contribution in [0.3, 0.4) is 0 Å². The number of hydrogen-bond acceptors (Lipinski definition) is 2. The summed E-state index contributed by atoms with van der Waals surface area (Å²) in [6.07, 6.45) is 1.58. The van der Waals surface area contributed by atoms with Gasteiger partial charge in [-0.25, -0.2) is 4.39 Å². The minimum Gasteiger partial charge on any atom is -0.461 e. The average Bonchev–Trinajstić information content (AvgIpc) is 2.82. The molecule has 0 saturated carbocycles. The first kappa shape index (κ1) is 10.4. The number of nitrogens with zero attached hydrogens (tertiary/aromatic N) is 1. The van der Waals surface area contributed by atoms with Crippen LogP contribution in [-0.4, -0.2) is 12.9 Å². The first-order valence-electron chi connectivity index (χ1n) is 4.83. The van der Waals surface area contributed by atoms with Crippen LogP contribution in [0.2, 0.25) is 0 Å². The summed E-state index contributed by atoms with van der Waals surface area (Å²) in [4.78, 5) is 4.07. The Morgan fingerprint density at radius 3 is 2.56 bits per heavy atom. The number of furan rings is 1. The normalized spacial score (nSPS) is 11.5. The van der Waals surface area contributed by atoms with E-state index in [0.717, 1.165) is 5.69 Å². The Morgan fingerprint density at radius 2 is 2.00 bits per heavy atom. The van der Waals surface area contributed by atoms with Gasteiger partial charge in [0.25, 0.3) is 0 Å². The second-order valence-electron chi connectivity index (χ2n) is 3.18. The SMILES string of the molecule is CN=C(Nc1ccc(F)cc1)c1ccco1. The van der Waals surface area contributed by atoms with E-state index in [4.69, 9.17) is 4.42 Å². The van der Waals surface area contributed by atoms with E-state index in [0.29, 0.717) is 11.6 Å². The van der Waals surface area contributed by atoms with Gasteiger partial charge in [0.05, 0.1) is 6.26 Å². The number of halogens is 1. The van der Waals surface area contributed by atoms with E-state index in [1.165, 1.54) is 12.1 Å². The molecule has 0 fully saturated rings. The van der Waals surface area contributed by atoms with Gasteiger partial charge in [0.15, 0.2) is 11.6 Å². The molecule has 0 bridgehead atoms. The lowest BCUT2D eigenvalue weighted by atomic mass is 10.3. The molecule has 1 N–H and O–H groups in total. The molecule has 2 aromatic rings. The smallest absolute Gasteiger partial charge is 0.168 e. The molecule has 0 saturated heterocycles. The molecule has 0 aliphatic rings. The quantitative estimate of drug-likeness (QED) is 0.621. The fraction of sp³-hybridized carbons (Fsp3) is 0.0833. The third-order valence-corrected chi connectivity index (χ3v) is 2.09. The van der Waals surface area contributed by atoms with Gasteiger partial charge < -0.3 is 9.73 Å². The van der Waals surface area contributed by atoms with Crippen LogP contribution < -0.4 is 5.32 Å². The van der Waals surface area contributed by atoms with Crippen molar-refractivity contribution < 1.29 is 8.81 Å². The molecule has 0 radical (unpaired) electrons. The summed E-state index contributed by atoms with van der Waals surface area (Å²) < 4.78 is 17.9. The van der Waals surface area contributed by atoms with E-state index in [1.807, 2.05) is 0 Å². The van der Waals surface area contributed by atoms with Crippen molar-refractivity contribution in [3.05, 3.63) is 54.2 Å². The molecule has 4 heteroatoms. The number of rotatable bonds is 2. The molecule has 3 nitrogen and oxygen atoms in total. The van der Waals surface area contributed by atoms with Crippen LogP contribution >= 0.6 is 0 Å². The van der Waals surface area contributed by atoms with Gasteiger partial charge in [0.2, 0.25) is 0 Å². The van der Waals surface area contributed by atoms with Gasteiger partial charge in [-0.2, -0.15) is 0 Å². The molecule has 1 aromatic heterocycles. The van der Waals surface area contributed by atoms with Crippen molar-refractivity contribution in [2.75, 3.05) is 12.4 Å². The second kappa shape index (κ2) is 4.61. The minimum atomic E-state index is -0.265. The summed E-state index contributed by atoms with van der Waals surface area (Å²) in [5, 5.41) is 3.05. The molecule has 1 heterocycles. The number of nitrogens with one attached hydrogen (secondary N) is 1. The zero-order valence-electron chi connectivity index (χ0n) is 8.77. The third kappa shape index (κ3) is 2.28. The van der Waals surface area contributed by atoms with E-state index in [2.05, 4.69) is 10.3 Å². The first-order chi connectivity index (χ1) is 7.79. The molecule has 1 aromatic carbocycles. The molecular weight excluding hydrogens is 207 g/mol. The molecule has 0 atom stereocenters. The van der Waals surface area contributed by atoms with Crippen molar-refractivity contribution in [1.82, 2.24) is 0 Å². The third-order valence-electron chi connectivity index (χ3n) is 2.09. The van der Waals surface area contributed by atoms with Gasteiger partial charge >= 0.3 is 0 Å². The predicted octanol–water partition coefficient (Wildman–Crippen LogP) is 2.91. The van der Waals surface area contributed by atoms with Gasteiger partial charge in [-0.1, -0.05) is 0 Å². The number of aliphatic imine (C=N–C) groups is 1. The van der Waals surface area contributed by atoms with Crippen LogP contribution in [0.15, 0.2) is 52.1 Å². The van der Waals surface area contributed by atoms with Crippen molar-refractivity contribution in [3.63, 3.8) is 0 Å². The van der Waals surface area contributed by atoms with Gasteiger partial charge in [-0.15, -0.1) is 0 Å². The Kier molecular flexibility index (Phi) is 3.00. The van der Waals surface area contributed by atoms with E-state index in [9.17, 15) is 4.39 Å². The largest absolute Gasteiger partial charge is 0.461 e. The molecule has 0 spiro atoms. The molecule has 2 rings (SSSR count). The maximum atomic E-state index is 12.7. The van der Waals surface area contributed by atoms with Gasteiger partial charge in [-0.05, 0) is 36.4 Å². The summed E-state index contributed by atoms with van der Waals surface area (Å²) in [6.45, 7) is 0. The highest BCUT2D eigenvalue weighted by molar-refractivity contribution is 6.06. The van der Waals surface area contributed by atoms with Crippen molar-refractivity contribution in [3.8, 4) is 0 Å². The van der Waals surface area contributed by atoms with Crippen molar-refractivity contribution >= 4 is 11.5 Å². The molecule has 82 valence electrons. The first-order valence-corrected chi connectivity index (χ1v) is 4.83. The Labute approximate surface area is 92.6 Å². The van der Waals surface area contributed by atoms with Gasteiger partial charge in [0, 0.05) is 12.7 Å². The van der Waals surface area contributed by atoms with Crippen molar-refractivity contribution in [2.24, 2.45) is 4.99 Å². The highest BCUT2D eigenvalue weighted by Crippen LogP contribution is 2.11. The fourth-order valence-corrected chi connectivity index (χ4v) is 1.31. The van der Waals surface area contributed by atoms with Crippen LogP contribution in [0.4, 0.5) is 10.1 Å². The van der Waals surface area contributed by atoms with E-state index in [1.54, 1.807) is 37.6 Å². The molecule has 0 unspecified atom stereocenters. The number of anilines is 1. The molecule has 16 heavy (non-hydrogen) atoms. The highest BCUT2D eigenvalue weighted by Gasteiger charge is 2.05. The van der Waals surface area contributed by atoms with Gasteiger partial charge in [-0.3, -0.25) is 4.99 Å². The summed E-state index contributed by atoms with van der Waals surface area (Å²) in [6, 6.07) is 9.65. The van der Waals surface area contributed by atoms with E-state index >= 15 is 0 Å². The van der Waals surface area contributed by atoms with Crippen LogP contribution in [0.25, 0.3) is 0 Å². The summed E-state index contributed by atoms with van der Waals surface area (Å²) >= 11 is 0. The van der Waals surface area contributed by atoms with Crippen molar-refractivity contribution in [1.29, 1.82) is 0 Å². The number of benzene rings is 1. The Bertz CT molecular complexity index is 474. The fourth-order valence-electron chi connectivity index (χ4n) is 1.31. The minimum absolute atomic E-state index is 0.265. The van der Waals surface area contributed by atoms with Crippen LogP contribution in [0.1, 0.15) is 5.76 Å². The summed E-state index contributed by atoms with van der Waals surface area (Å²) in [5.41, 5.74) is 0.762. The van der Waals surface area contributed by atoms with E-state index in [-0.39, 0.29) is 5.82 Å². The number of hydrogen-bond donors (Lipinski definition) is 1. The molecule has 0 aliphatic heterocycles. The standard InChI is InChI=1S/C12H11FN2O/c1-14-12(11-3-2-8-16-11)15-10-6-4-9(13)5-7-10/h2-8H,1H3,(H,14,15). The number of amidine groups is 1. The lowest BCUT2D eigenvalue weighted by Crippen LogP contribution is -2.12. The molecular formula is C12H11FN2O. The topological polar surface area (TPSA) is 37.5 Å². The monoisotopic (exact) mass is 218 g/mol.